The summed E-state index contributed by atoms with van der Waals surface area (Å²) in [6.07, 6.45) is 4.42. The molecule has 5 heteroatoms. The fourth-order valence-corrected chi connectivity index (χ4v) is 3.92. The molecule has 2 fully saturated rings. The SMILES string of the molecule is O=C(N[C@H]1CCCN2CCC[C@@H]12)c1cc(=O)c2ccccc2o1. The van der Waals surface area contributed by atoms with Crippen molar-refractivity contribution in [2.24, 2.45) is 0 Å². The lowest BCUT2D eigenvalue weighted by atomic mass is 9.96. The maximum atomic E-state index is 12.5. The molecule has 2 aliphatic heterocycles. The van der Waals surface area contributed by atoms with Gasteiger partial charge >= 0.3 is 0 Å². The molecule has 1 N–H and O–H groups in total. The van der Waals surface area contributed by atoms with Gasteiger partial charge in [0.1, 0.15) is 5.58 Å². The zero-order valence-corrected chi connectivity index (χ0v) is 13.0. The van der Waals surface area contributed by atoms with Gasteiger partial charge in [-0.2, -0.15) is 0 Å². The van der Waals surface area contributed by atoms with Crippen molar-refractivity contribution in [2.45, 2.75) is 37.8 Å². The number of hydrogen-bond donors (Lipinski definition) is 1. The number of rotatable bonds is 2. The molecule has 2 aromatic rings. The number of nitrogens with one attached hydrogen (secondary N) is 1. The van der Waals surface area contributed by atoms with Gasteiger partial charge in [-0.05, 0) is 50.9 Å². The molecule has 0 aliphatic carbocycles. The maximum absolute atomic E-state index is 12.5. The molecule has 2 atom stereocenters. The number of hydrogen-bond acceptors (Lipinski definition) is 4. The molecule has 2 saturated heterocycles. The Morgan fingerprint density at radius 2 is 1.96 bits per heavy atom. The molecule has 1 aromatic heterocycles. The van der Waals surface area contributed by atoms with Crippen molar-refractivity contribution in [3.63, 3.8) is 0 Å². The summed E-state index contributed by atoms with van der Waals surface area (Å²) in [5.41, 5.74) is 0.277. The van der Waals surface area contributed by atoms with Gasteiger partial charge in [0.05, 0.1) is 5.39 Å². The van der Waals surface area contributed by atoms with Crippen LogP contribution in [-0.4, -0.2) is 36.0 Å². The van der Waals surface area contributed by atoms with E-state index in [9.17, 15) is 9.59 Å². The van der Waals surface area contributed by atoms with Crippen LogP contribution in [0.25, 0.3) is 11.0 Å². The van der Waals surface area contributed by atoms with Crippen LogP contribution in [0, 0.1) is 0 Å². The molecule has 1 amide bonds. The van der Waals surface area contributed by atoms with Gasteiger partial charge in [0, 0.05) is 18.2 Å². The Bertz CT molecular complexity index is 798. The van der Waals surface area contributed by atoms with Crippen molar-refractivity contribution >= 4 is 16.9 Å². The van der Waals surface area contributed by atoms with Crippen molar-refractivity contribution in [1.29, 1.82) is 0 Å². The summed E-state index contributed by atoms with van der Waals surface area (Å²) in [5.74, 6) is -0.185. The summed E-state index contributed by atoms with van der Waals surface area (Å²) in [7, 11) is 0. The third kappa shape index (κ3) is 2.65. The van der Waals surface area contributed by atoms with Crippen molar-refractivity contribution in [3.8, 4) is 0 Å². The molecule has 0 bridgehead atoms. The number of fused-ring (bicyclic) bond motifs is 2. The highest BCUT2D eigenvalue weighted by Gasteiger charge is 2.35. The predicted molar refractivity (Wildman–Crippen MR) is 87.6 cm³/mol. The number of benzene rings is 1. The second-order valence-electron chi connectivity index (χ2n) is 6.44. The smallest absolute Gasteiger partial charge is 0.287 e. The van der Waals surface area contributed by atoms with Gasteiger partial charge in [0.15, 0.2) is 11.2 Å². The Kier molecular flexibility index (Phi) is 3.65. The van der Waals surface area contributed by atoms with Crippen molar-refractivity contribution in [1.82, 2.24) is 10.2 Å². The van der Waals surface area contributed by atoms with Gasteiger partial charge < -0.3 is 9.73 Å². The summed E-state index contributed by atoms with van der Waals surface area (Å²) in [6, 6.07) is 8.88. The van der Waals surface area contributed by atoms with Gasteiger partial charge in [-0.3, -0.25) is 14.5 Å². The minimum absolute atomic E-state index is 0.101. The number of amides is 1. The average molecular weight is 312 g/mol. The van der Waals surface area contributed by atoms with E-state index in [1.807, 2.05) is 0 Å². The van der Waals surface area contributed by atoms with Gasteiger partial charge in [-0.15, -0.1) is 0 Å². The summed E-state index contributed by atoms with van der Waals surface area (Å²) in [5, 5.41) is 3.59. The summed E-state index contributed by atoms with van der Waals surface area (Å²) >= 11 is 0. The van der Waals surface area contributed by atoms with E-state index in [-0.39, 0.29) is 23.1 Å². The highest BCUT2D eigenvalue weighted by atomic mass is 16.3. The zero-order chi connectivity index (χ0) is 15.8. The molecule has 5 nitrogen and oxygen atoms in total. The van der Waals surface area contributed by atoms with E-state index in [0.29, 0.717) is 17.0 Å². The second-order valence-corrected chi connectivity index (χ2v) is 6.44. The Morgan fingerprint density at radius 3 is 2.83 bits per heavy atom. The monoisotopic (exact) mass is 312 g/mol. The van der Waals surface area contributed by atoms with E-state index in [1.54, 1.807) is 24.3 Å². The molecule has 2 aliphatic rings. The molecule has 0 radical (unpaired) electrons. The summed E-state index contributed by atoms with van der Waals surface area (Å²) < 4.78 is 5.63. The van der Waals surface area contributed by atoms with Gasteiger partial charge in [-0.1, -0.05) is 12.1 Å². The highest BCUT2D eigenvalue weighted by Crippen LogP contribution is 2.27. The molecule has 120 valence electrons. The first-order chi connectivity index (χ1) is 11.2. The quantitative estimate of drug-likeness (QED) is 0.923. The first kappa shape index (κ1) is 14.5. The normalized spacial score (nSPS) is 24.5. The van der Waals surface area contributed by atoms with Crippen molar-refractivity contribution < 1.29 is 9.21 Å². The standard InChI is InChI=1S/C18H20N2O3/c21-15-11-17(23-16-8-2-1-5-12(15)16)18(22)19-13-6-3-9-20-10-4-7-14(13)20/h1-2,5,8,11,13-14H,3-4,6-7,9-10H2,(H,19,22)/t13-,14-/m0/s1. The van der Waals surface area contributed by atoms with Crippen LogP contribution in [0.4, 0.5) is 0 Å². The minimum atomic E-state index is -0.286. The lowest BCUT2D eigenvalue weighted by Crippen LogP contribution is -2.52. The van der Waals surface area contributed by atoms with E-state index in [1.165, 1.54) is 12.5 Å². The molecule has 4 rings (SSSR count). The lowest BCUT2D eigenvalue weighted by Gasteiger charge is -2.36. The lowest BCUT2D eigenvalue weighted by molar-refractivity contribution is 0.0841. The molecule has 1 aromatic carbocycles. The maximum Gasteiger partial charge on any atom is 0.287 e. The van der Waals surface area contributed by atoms with Gasteiger partial charge in [-0.25, -0.2) is 0 Å². The second kappa shape index (κ2) is 5.81. The summed E-state index contributed by atoms with van der Waals surface area (Å²) in [4.78, 5) is 27.1. The van der Waals surface area contributed by atoms with Gasteiger partial charge in [0.2, 0.25) is 0 Å². The van der Waals surface area contributed by atoms with Crippen LogP contribution in [0.2, 0.25) is 0 Å². The molecule has 0 unspecified atom stereocenters. The zero-order valence-electron chi connectivity index (χ0n) is 13.0. The van der Waals surface area contributed by atoms with Gasteiger partial charge in [0.25, 0.3) is 5.91 Å². The van der Waals surface area contributed by atoms with E-state index in [4.69, 9.17) is 4.42 Å². The van der Waals surface area contributed by atoms with Crippen LogP contribution in [0.1, 0.15) is 36.2 Å². The fraction of sp³-hybridized carbons (Fsp3) is 0.444. The fourth-order valence-electron chi connectivity index (χ4n) is 3.92. The van der Waals surface area contributed by atoms with Crippen LogP contribution in [0.3, 0.4) is 0 Å². The number of carbonyl (C=O) groups is 1. The van der Waals surface area contributed by atoms with Crippen LogP contribution in [0.15, 0.2) is 39.5 Å². The first-order valence-corrected chi connectivity index (χ1v) is 8.30. The molecule has 3 heterocycles. The Labute approximate surface area is 134 Å². The van der Waals surface area contributed by atoms with E-state index >= 15 is 0 Å². The minimum Gasteiger partial charge on any atom is -0.451 e. The van der Waals surface area contributed by atoms with E-state index in [2.05, 4.69) is 10.2 Å². The Morgan fingerprint density at radius 1 is 1.17 bits per heavy atom. The molecule has 23 heavy (non-hydrogen) atoms. The average Bonchev–Trinajstić information content (AvgIpc) is 3.04. The van der Waals surface area contributed by atoms with Crippen molar-refractivity contribution in [3.05, 3.63) is 46.3 Å². The number of carbonyl (C=O) groups excluding carboxylic acids is 1. The Hall–Kier alpha value is -2.14. The van der Waals surface area contributed by atoms with Crippen LogP contribution in [-0.2, 0) is 0 Å². The Balaban J connectivity index is 1.58. The van der Waals surface area contributed by atoms with Crippen LogP contribution >= 0.6 is 0 Å². The summed E-state index contributed by atoms with van der Waals surface area (Å²) in [6.45, 7) is 2.25. The molecular weight excluding hydrogens is 292 g/mol. The number of nitrogens with zero attached hydrogens (tertiary/aromatic N) is 1. The highest BCUT2D eigenvalue weighted by molar-refractivity contribution is 5.93. The van der Waals surface area contributed by atoms with Crippen LogP contribution in [0.5, 0.6) is 0 Å². The molecule has 0 saturated carbocycles. The van der Waals surface area contributed by atoms with E-state index < -0.39 is 0 Å². The molecule has 0 spiro atoms. The first-order valence-electron chi connectivity index (χ1n) is 8.30. The molecular formula is C18H20N2O3. The largest absolute Gasteiger partial charge is 0.451 e. The number of para-hydroxylation sites is 1. The predicted octanol–water partition coefficient (Wildman–Crippen LogP) is 2.15. The third-order valence-electron chi connectivity index (χ3n) is 5.01. The van der Waals surface area contributed by atoms with Crippen molar-refractivity contribution in [2.75, 3.05) is 13.1 Å². The van der Waals surface area contributed by atoms with E-state index in [0.717, 1.165) is 32.4 Å². The van der Waals surface area contributed by atoms with Crippen LogP contribution < -0.4 is 10.7 Å². The number of piperidine rings is 1. The third-order valence-corrected chi connectivity index (χ3v) is 5.01. The topological polar surface area (TPSA) is 62.6 Å².